The number of aliphatic hydroxyl groups excluding tert-OH is 2. The highest BCUT2D eigenvalue weighted by Crippen LogP contribution is 2.43. The maximum absolute atomic E-state index is 11.9. The monoisotopic (exact) mass is 536 g/mol. The average Bonchev–Trinajstić information content (AvgIpc) is 3.03. The standard InChI is InChI=1S/C35H40N2O3/c36-33(35(23-13-25-38,30-18-9-3-10-19-30)31-20-11-4-12-21-31)32(40)22-24-34(26-37-27-39,28-14-5-1-6-15-28)29-16-7-2-8-17-29/h1-12,14-21,27,32-33,38,40H,13,22-26,36H2,(H,37,39). The van der Waals surface area contributed by atoms with Gasteiger partial charge < -0.3 is 21.3 Å². The predicted molar refractivity (Wildman–Crippen MR) is 161 cm³/mol. The van der Waals surface area contributed by atoms with Gasteiger partial charge in [-0.15, -0.1) is 0 Å². The molecule has 4 aromatic rings. The van der Waals surface area contributed by atoms with Gasteiger partial charge in [-0.25, -0.2) is 0 Å². The molecule has 208 valence electrons. The molecule has 1 amide bonds. The number of carbonyl (C=O) groups excluding carboxylic acids is 1. The Hall–Kier alpha value is -3.77. The Balaban J connectivity index is 1.75. The molecule has 2 atom stereocenters. The largest absolute Gasteiger partial charge is 0.396 e. The predicted octanol–water partition coefficient (Wildman–Crippen LogP) is 4.95. The highest BCUT2D eigenvalue weighted by molar-refractivity contribution is 5.49. The molecule has 0 radical (unpaired) electrons. The molecule has 4 rings (SSSR count). The number of nitrogens with two attached hydrogens (primary N) is 1. The lowest BCUT2D eigenvalue weighted by Crippen LogP contribution is -2.54. The van der Waals surface area contributed by atoms with Crippen molar-refractivity contribution in [3.63, 3.8) is 0 Å². The second-order valence-corrected chi connectivity index (χ2v) is 10.5. The van der Waals surface area contributed by atoms with Crippen LogP contribution in [0.15, 0.2) is 121 Å². The first kappa shape index (κ1) is 29.2. The van der Waals surface area contributed by atoms with E-state index in [1.807, 2.05) is 72.8 Å². The molecule has 2 unspecified atom stereocenters. The molecule has 0 saturated carbocycles. The van der Waals surface area contributed by atoms with Crippen LogP contribution in [0.3, 0.4) is 0 Å². The number of rotatable bonds is 15. The van der Waals surface area contributed by atoms with Gasteiger partial charge in [-0.3, -0.25) is 4.79 Å². The van der Waals surface area contributed by atoms with Gasteiger partial charge in [0.2, 0.25) is 6.41 Å². The van der Waals surface area contributed by atoms with Crippen molar-refractivity contribution in [1.82, 2.24) is 5.32 Å². The van der Waals surface area contributed by atoms with Crippen LogP contribution in [0.4, 0.5) is 0 Å². The Morgan fingerprint density at radius 1 is 0.700 bits per heavy atom. The molecule has 0 aliphatic carbocycles. The summed E-state index contributed by atoms with van der Waals surface area (Å²) < 4.78 is 0. The van der Waals surface area contributed by atoms with Crippen molar-refractivity contribution in [3.8, 4) is 0 Å². The van der Waals surface area contributed by atoms with Crippen LogP contribution in [0.25, 0.3) is 0 Å². The van der Waals surface area contributed by atoms with Crippen LogP contribution >= 0.6 is 0 Å². The third kappa shape index (κ3) is 6.18. The molecule has 5 heteroatoms. The fourth-order valence-electron chi connectivity index (χ4n) is 6.22. The minimum absolute atomic E-state index is 0.0344. The second kappa shape index (κ2) is 14.0. The lowest BCUT2D eigenvalue weighted by atomic mass is 9.63. The summed E-state index contributed by atoms with van der Waals surface area (Å²) in [7, 11) is 0. The van der Waals surface area contributed by atoms with E-state index in [-0.39, 0.29) is 6.61 Å². The maximum Gasteiger partial charge on any atom is 0.207 e. The third-order valence-corrected chi connectivity index (χ3v) is 8.30. The molecule has 0 bridgehead atoms. The van der Waals surface area contributed by atoms with Gasteiger partial charge in [-0.1, -0.05) is 121 Å². The number of amides is 1. The summed E-state index contributed by atoms with van der Waals surface area (Å²) >= 11 is 0. The minimum atomic E-state index is -0.859. The number of carbonyl (C=O) groups is 1. The van der Waals surface area contributed by atoms with Crippen molar-refractivity contribution in [3.05, 3.63) is 144 Å². The zero-order valence-electron chi connectivity index (χ0n) is 22.9. The molecular weight excluding hydrogens is 496 g/mol. The van der Waals surface area contributed by atoms with Gasteiger partial charge in [0.05, 0.1) is 6.10 Å². The highest BCUT2D eigenvalue weighted by Gasteiger charge is 2.44. The maximum atomic E-state index is 11.9. The van der Waals surface area contributed by atoms with Gasteiger partial charge in [0, 0.05) is 30.0 Å². The van der Waals surface area contributed by atoms with E-state index in [1.54, 1.807) is 0 Å². The van der Waals surface area contributed by atoms with Crippen molar-refractivity contribution in [1.29, 1.82) is 0 Å². The van der Waals surface area contributed by atoms with Crippen molar-refractivity contribution in [2.75, 3.05) is 13.2 Å². The quantitative estimate of drug-likeness (QED) is 0.162. The van der Waals surface area contributed by atoms with E-state index in [2.05, 4.69) is 53.8 Å². The molecular formula is C35H40N2O3. The van der Waals surface area contributed by atoms with Crippen LogP contribution in [0.1, 0.15) is 47.9 Å². The van der Waals surface area contributed by atoms with Gasteiger partial charge in [-0.05, 0) is 47.9 Å². The first-order valence-corrected chi connectivity index (χ1v) is 14.0. The highest BCUT2D eigenvalue weighted by atomic mass is 16.3. The molecule has 0 aromatic heterocycles. The second-order valence-electron chi connectivity index (χ2n) is 10.5. The number of hydrogen-bond donors (Lipinski definition) is 4. The Bertz CT molecular complexity index is 1200. The van der Waals surface area contributed by atoms with E-state index in [9.17, 15) is 15.0 Å². The molecule has 5 nitrogen and oxygen atoms in total. The van der Waals surface area contributed by atoms with Gasteiger partial charge >= 0.3 is 0 Å². The van der Waals surface area contributed by atoms with Crippen LogP contribution in [-0.2, 0) is 15.6 Å². The Morgan fingerprint density at radius 2 is 1.12 bits per heavy atom. The average molecular weight is 537 g/mol. The first-order valence-electron chi connectivity index (χ1n) is 14.0. The van der Waals surface area contributed by atoms with E-state index in [4.69, 9.17) is 5.73 Å². The smallest absolute Gasteiger partial charge is 0.207 e. The summed E-state index contributed by atoms with van der Waals surface area (Å²) in [6.07, 6.45) is 1.98. The van der Waals surface area contributed by atoms with Crippen molar-refractivity contribution in [2.45, 2.75) is 48.7 Å². The number of hydrogen-bond acceptors (Lipinski definition) is 4. The van der Waals surface area contributed by atoms with E-state index in [0.717, 1.165) is 28.7 Å². The Labute approximate surface area is 237 Å². The molecule has 0 heterocycles. The van der Waals surface area contributed by atoms with Crippen LogP contribution in [0.5, 0.6) is 0 Å². The molecule has 0 spiro atoms. The SMILES string of the molecule is NC(C(O)CCC(CNC=O)(c1ccccc1)c1ccccc1)C(CCCO)(c1ccccc1)c1ccccc1. The van der Waals surface area contributed by atoms with Crippen LogP contribution in [-0.4, -0.2) is 41.9 Å². The molecule has 0 fully saturated rings. The van der Waals surface area contributed by atoms with Gasteiger partial charge in [0.15, 0.2) is 0 Å². The van der Waals surface area contributed by atoms with E-state index in [0.29, 0.717) is 32.2 Å². The lowest BCUT2D eigenvalue weighted by molar-refractivity contribution is -0.109. The Morgan fingerprint density at radius 3 is 1.52 bits per heavy atom. The third-order valence-electron chi connectivity index (χ3n) is 8.30. The minimum Gasteiger partial charge on any atom is -0.396 e. The summed E-state index contributed by atoms with van der Waals surface area (Å²) in [5.41, 5.74) is 10.0. The number of benzene rings is 4. The molecule has 0 aliphatic rings. The summed E-state index contributed by atoms with van der Waals surface area (Å²) in [6.45, 7) is 0.423. The number of aliphatic hydroxyl groups is 2. The zero-order valence-corrected chi connectivity index (χ0v) is 22.9. The fourth-order valence-corrected chi connectivity index (χ4v) is 6.22. The summed E-state index contributed by atoms with van der Waals surface area (Å²) in [6, 6.07) is 39.8. The molecule has 0 aliphatic heterocycles. The van der Waals surface area contributed by atoms with E-state index >= 15 is 0 Å². The van der Waals surface area contributed by atoms with Gasteiger partial charge in [0.25, 0.3) is 0 Å². The van der Waals surface area contributed by atoms with Crippen molar-refractivity contribution in [2.24, 2.45) is 5.73 Å². The van der Waals surface area contributed by atoms with Crippen LogP contribution in [0.2, 0.25) is 0 Å². The van der Waals surface area contributed by atoms with E-state index < -0.39 is 23.0 Å². The molecule has 0 saturated heterocycles. The summed E-state index contributed by atoms with van der Waals surface area (Å²) in [4.78, 5) is 11.5. The molecule has 4 aromatic carbocycles. The van der Waals surface area contributed by atoms with Gasteiger partial charge in [0.1, 0.15) is 0 Å². The Kier molecular flexibility index (Phi) is 10.3. The summed E-state index contributed by atoms with van der Waals surface area (Å²) in [5, 5.41) is 24.7. The molecule has 5 N–H and O–H groups in total. The summed E-state index contributed by atoms with van der Waals surface area (Å²) in [5.74, 6) is 0. The lowest BCUT2D eigenvalue weighted by Gasteiger charge is -2.43. The van der Waals surface area contributed by atoms with Crippen LogP contribution in [0, 0.1) is 0 Å². The normalized spacial score (nSPS) is 13.4. The fraction of sp³-hybridized carbons (Fsp3) is 0.286. The topological polar surface area (TPSA) is 95.6 Å². The van der Waals surface area contributed by atoms with Crippen molar-refractivity contribution < 1.29 is 15.0 Å². The first-order chi connectivity index (χ1) is 19.6. The van der Waals surface area contributed by atoms with Crippen LogP contribution < -0.4 is 11.1 Å². The van der Waals surface area contributed by atoms with Crippen molar-refractivity contribution >= 4 is 6.41 Å². The molecule has 40 heavy (non-hydrogen) atoms. The van der Waals surface area contributed by atoms with E-state index in [1.165, 1.54) is 0 Å². The zero-order chi connectivity index (χ0) is 28.3. The van der Waals surface area contributed by atoms with Gasteiger partial charge in [-0.2, -0.15) is 0 Å². The number of nitrogens with one attached hydrogen (secondary N) is 1.